The first-order valence-corrected chi connectivity index (χ1v) is 9.22. The number of thioether (sulfide) groups is 1. The molecular formula is C18H22N4S. The van der Waals surface area contributed by atoms with E-state index in [0.29, 0.717) is 5.92 Å². The van der Waals surface area contributed by atoms with Crippen molar-refractivity contribution in [2.45, 2.75) is 31.6 Å². The number of benzene rings is 1. The van der Waals surface area contributed by atoms with Crippen molar-refractivity contribution in [3.05, 3.63) is 24.5 Å². The molecule has 5 heteroatoms. The van der Waals surface area contributed by atoms with Crippen LogP contribution in [0.2, 0.25) is 0 Å². The molecule has 1 aromatic carbocycles. The van der Waals surface area contributed by atoms with Crippen LogP contribution in [0, 0.1) is 22.7 Å². The number of anilines is 1. The topological polar surface area (TPSA) is 52.8 Å². The van der Waals surface area contributed by atoms with Crippen LogP contribution in [0.1, 0.15) is 26.7 Å². The molecule has 1 saturated heterocycles. The van der Waals surface area contributed by atoms with E-state index < -0.39 is 0 Å². The van der Waals surface area contributed by atoms with Gasteiger partial charge in [0.1, 0.15) is 12.1 Å². The van der Waals surface area contributed by atoms with Gasteiger partial charge in [0, 0.05) is 23.4 Å². The largest absolute Gasteiger partial charge is 0.356 e. The molecule has 120 valence electrons. The van der Waals surface area contributed by atoms with Gasteiger partial charge in [-0.3, -0.25) is 0 Å². The lowest BCUT2D eigenvalue weighted by atomic mass is 9.75. The van der Waals surface area contributed by atoms with Crippen LogP contribution in [0.25, 0.3) is 10.9 Å². The summed E-state index contributed by atoms with van der Waals surface area (Å²) in [6, 6.07) is 8.81. The van der Waals surface area contributed by atoms with E-state index in [1.165, 1.54) is 4.90 Å². The summed E-state index contributed by atoms with van der Waals surface area (Å²) in [4.78, 5) is 12.5. The maximum atomic E-state index is 9.34. The molecule has 1 aliphatic heterocycles. The number of fused-ring (bicyclic) bond motifs is 1. The number of hydrogen-bond donors (Lipinski definition) is 0. The number of aromatic nitrogens is 2. The Morgan fingerprint density at radius 3 is 2.65 bits per heavy atom. The average Bonchev–Trinajstić information content (AvgIpc) is 2.60. The summed E-state index contributed by atoms with van der Waals surface area (Å²) in [7, 11) is 0. The molecule has 0 atom stereocenters. The maximum Gasteiger partial charge on any atom is 0.139 e. The highest BCUT2D eigenvalue weighted by atomic mass is 32.2. The van der Waals surface area contributed by atoms with E-state index in [4.69, 9.17) is 0 Å². The molecule has 3 rings (SSSR count). The van der Waals surface area contributed by atoms with Crippen LogP contribution in [0.4, 0.5) is 5.82 Å². The molecule has 0 unspecified atom stereocenters. The summed E-state index contributed by atoms with van der Waals surface area (Å²) in [6.45, 7) is 6.01. The molecule has 0 amide bonds. The number of piperidine rings is 1. The lowest BCUT2D eigenvalue weighted by Gasteiger charge is -2.38. The number of hydrogen-bond acceptors (Lipinski definition) is 5. The van der Waals surface area contributed by atoms with Gasteiger partial charge < -0.3 is 4.90 Å². The molecule has 1 aliphatic rings. The van der Waals surface area contributed by atoms with E-state index in [0.717, 1.165) is 42.7 Å². The molecule has 2 aromatic rings. The fraction of sp³-hybridized carbons (Fsp3) is 0.500. The first-order valence-electron chi connectivity index (χ1n) is 8.00. The maximum absolute atomic E-state index is 9.34. The minimum atomic E-state index is -0.244. The summed E-state index contributed by atoms with van der Waals surface area (Å²) in [6.07, 6.45) is 5.81. The standard InChI is InChI=1S/C18H22N4S/c1-18(2,11-19)13-6-8-22(9-7-13)17-15-10-14(23-3)4-5-16(15)20-12-21-17/h4-5,10,12-13H,6-9H2,1-3H3. The summed E-state index contributed by atoms with van der Waals surface area (Å²) in [5.41, 5.74) is 0.749. The summed E-state index contributed by atoms with van der Waals surface area (Å²) < 4.78 is 0. The summed E-state index contributed by atoms with van der Waals surface area (Å²) in [5, 5.41) is 10.5. The van der Waals surface area contributed by atoms with E-state index in [1.54, 1.807) is 18.1 Å². The van der Waals surface area contributed by atoms with E-state index in [9.17, 15) is 5.26 Å². The minimum Gasteiger partial charge on any atom is -0.356 e. The highest BCUT2D eigenvalue weighted by molar-refractivity contribution is 7.98. The minimum absolute atomic E-state index is 0.244. The average molecular weight is 326 g/mol. The Hall–Kier alpha value is -1.80. The Balaban J connectivity index is 1.86. The first-order chi connectivity index (χ1) is 11.0. The van der Waals surface area contributed by atoms with Crippen LogP contribution in [-0.4, -0.2) is 29.3 Å². The molecule has 1 aromatic heterocycles. The molecule has 1 fully saturated rings. The molecule has 2 heterocycles. The van der Waals surface area contributed by atoms with Crippen LogP contribution in [0.3, 0.4) is 0 Å². The van der Waals surface area contributed by atoms with Crippen molar-refractivity contribution in [1.29, 1.82) is 5.26 Å². The van der Waals surface area contributed by atoms with Gasteiger partial charge in [0.05, 0.1) is 17.0 Å². The molecule has 0 N–H and O–H groups in total. The number of rotatable bonds is 3. The zero-order valence-corrected chi connectivity index (χ0v) is 14.7. The smallest absolute Gasteiger partial charge is 0.139 e. The summed E-state index contributed by atoms with van der Waals surface area (Å²) >= 11 is 1.74. The quantitative estimate of drug-likeness (QED) is 0.794. The van der Waals surface area contributed by atoms with Gasteiger partial charge in [-0.2, -0.15) is 5.26 Å². The SMILES string of the molecule is CSc1ccc2ncnc(N3CCC(C(C)(C)C#N)CC3)c2c1. The van der Waals surface area contributed by atoms with Crippen molar-refractivity contribution >= 4 is 28.5 Å². The van der Waals surface area contributed by atoms with Gasteiger partial charge >= 0.3 is 0 Å². The molecule has 0 bridgehead atoms. The van der Waals surface area contributed by atoms with Crippen LogP contribution >= 0.6 is 11.8 Å². The van der Waals surface area contributed by atoms with Gasteiger partial charge in [0.25, 0.3) is 0 Å². The Bertz CT molecular complexity index is 742. The Morgan fingerprint density at radius 2 is 2.00 bits per heavy atom. The second-order valence-corrected chi connectivity index (χ2v) is 7.55. The van der Waals surface area contributed by atoms with Crippen molar-refractivity contribution in [1.82, 2.24) is 9.97 Å². The van der Waals surface area contributed by atoms with E-state index in [-0.39, 0.29) is 5.41 Å². The molecule has 0 radical (unpaired) electrons. The second kappa shape index (κ2) is 6.37. The van der Waals surface area contributed by atoms with Crippen molar-refractivity contribution in [2.75, 3.05) is 24.2 Å². The number of nitriles is 1. The van der Waals surface area contributed by atoms with Crippen LogP contribution in [0.15, 0.2) is 29.4 Å². The fourth-order valence-corrected chi connectivity index (χ4v) is 3.75. The van der Waals surface area contributed by atoms with Crippen molar-refractivity contribution < 1.29 is 0 Å². The van der Waals surface area contributed by atoms with Crippen LogP contribution < -0.4 is 4.90 Å². The van der Waals surface area contributed by atoms with Crippen LogP contribution in [-0.2, 0) is 0 Å². The Morgan fingerprint density at radius 1 is 1.26 bits per heavy atom. The molecule has 0 spiro atoms. The molecule has 0 saturated carbocycles. The molecular weight excluding hydrogens is 304 g/mol. The predicted octanol–water partition coefficient (Wildman–Crippen LogP) is 4.12. The van der Waals surface area contributed by atoms with Crippen LogP contribution in [0.5, 0.6) is 0 Å². The van der Waals surface area contributed by atoms with E-state index in [2.05, 4.69) is 59.2 Å². The zero-order chi connectivity index (χ0) is 16.4. The van der Waals surface area contributed by atoms with Gasteiger partial charge in [-0.1, -0.05) is 0 Å². The van der Waals surface area contributed by atoms with Gasteiger partial charge in [0.15, 0.2) is 0 Å². The molecule has 0 aliphatic carbocycles. The van der Waals surface area contributed by atoms with Gasteiger partial charge in [-0.15, -0.1) is 11.8 Å². The normalized spacial score (nSPS) is 16.5. The van der Waals surface area contributed by atoms with Crippen molar-refractivity contribution in [2.24, 2.45) is 11.3 Å². The second-order valence-electron chi connectivity index (χ2n) is 6.68. The van der Waals surface area contributed by atoms with Gasteiger partial charge in [-0.25, -0.2) is 9.97 Å². The Labute approximate surface area is 141 Å². The Kier molecular flexibility index (Phi) is 4.45. The molecule has 23 heavy (non-hydrogen) atoms. The third kappa shape index (κ3) is 3.13. The predicted molar refractivity (Wildman–Crippen MR) is 95.7 cm³/mol. The fourth-order valence-electron chi connectivity index (χ4n) is 3.31. The number of nitrogens with zero attached hydrogens (tertiary/aromatic N) is 4. The van der Waals surface area contributed by atoms with Gasteiger partial charge in [0.2, 0.25) is 0 Å². The van der Waals surface area contributed by atoms with Crippen molar-refractivity contribution in [3.8, 4) is 6.07 Å². The van der Waals surface area contributed by atoms with Gasteiger partial charge in [-0.05, 0) is 57.1 Å². The summed E-state index contributed by atoms with van der Waals surface area (Å²) in [5.74, 6) is 1.48. The highest BCUT2D eigenvalue weighted by Crippen LogP contribution is 2.36. The first kappa shape index (κ1) is 16.1. The van der Waals surface area contributed by atoms with Crippen molar-refractivity contribution in [3.63, 3.8) is 0 Å². The lowest BCUT2D eigenvalue weighted by Crippen LogP contribution is -2.39. The third-order valence-electron chi connectivity index (χ3n) is 4.92. The zero-order valence-electron chi connectivity index (χ0n) is 13.9. The highest BCUT2D eigenvalue weighted by Gasteiger charge is 2.33. The third-order valence-corrected chi connectivity index (χ3v) is 5.65. The monoisotopic (exact) mass is 326 g/mol. The molecule has 4 nitrogen and oxygen atoms in total. The van der Waals surface area contributed by atoms with E-state index in [1.807, 2.05) is 0 Å². The lowest BCUT2D eigenvalue weighted by molar-refractivity contribution is 0.241. The van der Waals surface area contributed by atoms with E-state index >= 15 is 0 Å².